The Morgan fingerprint density at radius 2 is 1.31 bits per heavy atom. The summed E-state index contributed by atoms with van der Waals surface area (Å²) in [5.41, 5.74) is 6.20. The second-order valence-corrected chi connectivity index (χ2v) is 13.1. The number of carbonyl (C=O) groups is 3. The number of Topliss-reactive ketones (excluding diaryl/α,β-unsaturated/α-hetero) is 1. The lowest BCUT2D eigenvalue weighted by Gasteiger charge is -2.50. The van der Waals surface area contributed by atoms with Crippen molar-refractivity contribution in [3.8, 4) is 0 Å². The fraction of sp³-hybridized carbons (Fsp3) is 0.500. The molecule has 1 aliphatic heterocycles. The van der Waals surface area contributed by atoms with Gasteiger partial charge in [0.2, 0.25) is 0 Å². The molecule has 7 heteroatoms. The minimum atomic E-state index is -0.378. The van der Waals surface area contributed by atoms with Crippen LogP contribution in [0.5, 0.6) is 0 Å². The standard InChI is InChI=1S/C20H24O4.C18H20O3/c1-3-19-8-9-20(23-10-11-24-20)13-16(19)6-4-14-12-15(18(21)22-2)5-7-17(14)19;1-3-18-9-8-15(19)11-14(18)6-4-12-10-13(17(20)21-2)5-7-16(12)18/h4-7,12,16H,3,8-11,13H2,1-2H3;4-7,10,14H,3,8-9,11H2,1-2H3/t16-,19+;14-,18+/m00/s1. The van der Waals surface area contributed by atoms with Crippen molar-refractivity contribution in [2.75, 3.05) is 27.4 Å². The molecule has 2 aromatic carbocycles. The van der Waals surface area contributed by atoms with Gasteiger partial charge in [-0.1, -0.05) is 50.3 Å². The predicted molar refractivity (Wildman–Crippen MR) is 172 cm³/mol. The summed E-state index contributed by atoms with van der Waals surface area (Å²) in [5, 5.41) is 0. The molecular weight excluding hydrogens is 568 g/mol. The largest absolute Gasteiger partial charge is 0.465 e. The van der Waals surface area contributed by atoms with Gasteiger partial charge in [-0.25, -0.2) is 9.59 Å². The highest BCUT2D eigenvalue weighted by molar-refractivity contribution is 5.91. The van der Waals surface area contributed by atoms with Gasteiger partial charge in [0.15, 0.2) is 5.79 Å². The minimum Gasteiger partial charge on any atom is -0.465 e. The number of fused-ring (bicyclic) bond motifs is 6. The smallest absolute Gasteiger partial charge is 0.337 e. The Balaban J connectivity index is 0.000000160. The van der Waals surface area contributed by atoms with Crippen LogP contribution in [0.25, 0.3) is 12.2 Å². The van der Waals surface area contributed by atoms with E-state index in [9.17, 15) is 14.4 Å². The van der Waals surface area contributed by atoms with Crippen LogP contribution in [-0.2, 0) is 34.6 Å². The summed E-state index contributed by atoms with van der Waals surface area (Å²) in [5.74, 6) is 0.0956. The van der Waals surface area contributed by atoms with Crippen molar-refractivity contribution in [1.29, 1.82) is 0 Å². The highest BCUT2D eigenvalue weighted by Crippen LogP contribution is 2.55. The van der Waals surface area contributed by atoms with Gasteiger partial charge in [-0.3, -0.25) is 4.79 Å². The maximum absolute atomic E-state index is 11.8. The molecule has 5 aliphatic rings. The summed E-state index contributed by atoms with van der Waals surface area (Å²) in [6.07, 6.45) is 15.8. The Bertz CT molecular complexity index is 1550. The molecule has 4 atom stereocenters. The van der Waals surface area contributed by atoms with Gasteiger partial charge < -0.3 is 18.9 Å². The molecule has 0 radical (unpaired) electrons. The van der Waals surface area contributed by atoms with Crippen LogP contribution in [0.2, 0.25) is 0 Å². The van der Waals surface area contributed by atoms with Crippen molar-refractivity contribution in [2.24, 2.45) is 11.8 Å². The van der Waals surface area contributed by atoms with Crippen molar-refractivity contribution in [3.05, 3.63) is 81.9 Å². The maximum atomic E-state index is 11.8. The Morgan fingerprint density at radius 1 is 0.778 bits per heavy atom. The monoisotopic (exact) mass is 612 g/mol. The summed E-state index contributed by atoms with van der Waals surface area (Å²) < 4.78 is 21.6. The predicted octanol–water partition coefficient (Wildman–Crippen LogP) is 7.21. The van der Waals surface area contributed by atoms with Crippen LogP contribution >= 0.6 is 0 Å². The first-order valence-electron chi connectivity index (χ1n) is 16.3. The number of hydrogen-bond acceptors (Lipinski definition) is 7. The molecule has 0 aromatic heterocycles. The van der Waals surface area contributed by atoms with E-state index in [-0.39, 0.29) is 28.6 Å². The lowest BCUT2D eigenvalue weighted by molar-refractivity contribution is -0.194. The summed E-state index contributed by atoms with van der Waals surface area (Å²) in [4.78, 5) is 35.3. The minimum absolute atomic E-state index is 0.0483. The molecule has 0 N–H and O–H groups in total. The molecule has 0 amide bonds. The number of rotatable bonds is 4. The topological polar surface area (TPSA) is 88.1 Å². The van der Waals surface area contributed by atoms with E-state index >= 15 is 0 Å². The lowest BCUT2D eigenvalue weighted by atomic mass is 9.57. The molecule has 45 heavy (non-hydrogen) atoms. The van der Waals surface area contributed by atoms with Gasteiger partial charge >= 0.3 is 11.9 Å². The van der Waals surface area contributed by atoms with E-state index in [4.69, 9.17) is 18.9 Å². The van der Waals surface area contributed by atoms with E-state index in [1.54, 1.807) is 0 Å². The van der Waals surface area contributed by atoms with Crippen molar-refractivity contribution in [1.82, 2.24) is 0 Å². The van der Waals surface area contributed by atoms with Crippen LogP contribution in [0.4, 0.5) is 0 Å². The maximum Gasteiger partial charge on any atom is 0.337 e. The Morgan fingerprint density at radius 3 is 1.84 bits per heavy atom. The summed E-state index contributed by atoms with van der Waals surface area (Å²) in [6.45, 7) is 5.86. The van der Waals surface area contributed by atoms with E-state index < -0.39 is 0 Å². The molecule has 2 aromatic rings. The van der Waals surface area contributed by atoms with E-state index in [1.165, 1.54) is 25.3 Å². The third-order valence-electron chi connectivity index (χ3n) is 11.3. The van der Waals surface area contributed by atoms with Crippen LogP contribution in [0.3, 0.4) is 0 Å². The first kappa shape index (κ1) is 31.4. The molecular formula is C38H44O7. The van der Waals surface area contributed by atoms with Crippen LogP contribution in [-0.4, -0.2) is 50.9 Å². The van der Waals surface area contributed by atoms with Gasteiger partial charge in [-0.15, -0.1) is 0 Å². The van der Waals surface area contributed by atoms with E-state index in [0.29, 0.717) is 54.8 Å². The molecule has 4 aliphatic carbocycles. The number of ketones is 1. The van der Waals surface area contributed by atoms with E-state index in [2.05, 4.69) is 50.3 Å². The van der Waals surface area contributed by atoms with Crippen molar-refractivity contribution >= 4 is 29.9 Å². The molecule has 7 nitrogen and oxygen atoms in total. The van der Waals surface area contributed by atoms with Crippen LogP contribution in [0, 0.1) is 11.8 Å². The van der Waals surface area contributed by atoms with Gasteiger partial charge in [-0.2, -0.15) is 0 Å². The first-order chi connectivity index (χ1) is 21.7. The third-order valence-corrected chi connectivity index (χ3v) is 11.3. The van der Waals surface area contributed by atoms with Gasteiger partial charge in [0, 0.05) is 36.5 Å². The summed E-state index contributed by atoms with van der Waals surface area (Å²) >= 11 is 0. The first-order valence-corrected chi connectivity index (χ1v) is 16.3. The molecule has 1 heterocycles. The zero-order valence-corrected chi connectivity index (χ0v) is 26.9. The average molecular weight is 613 g/mol. The fourth-order valence-electron chi connectivity index (χ4n) is 8.75. The zero-order valence-electron chi connectivity index (χ0n) is 26.9. The van der Waals surface area contributed by atoms with Crippen LogP contribution in [0.1, 0.15) is 108 Å². The molecule has 2 saturated carbocycles. The molecule has 0 bridgehead atoms. The Hall–Kier alpha value is -3.55. The number of hydrogen-bond donors (Lipinski definition) is 0. The van der Waals surface area contributed by atoms with Gasteiger partial charge in [0.25, 0.3) is 0 Å². The molecule has 0 unspecified atom stereocenters. The number of carbonyl (C=O) groups excluding carboxylic acids is 3. The zero-order chi connectivity index (χ0) is 31.8. The second-order valence-electron chi connectivity index (χ2n) is 13.1. The Labute approximate surface area is 266 Å². The van der Waals surface area contributed by atoms with Crippen molar-refractivity contribution < 1.29 is 33.3 Å². The lowest BCUT2D eigenvalue weighted by Crippen LogP contribution is -2.48. The summed E-state index contributed by atoms with van der Waals surface area (Å²) in [7, 11) is 2.82. The number of methoxy groups -OCH3 is 2. The number of allylic oxidation sites excluding steroid dienone is 2. The highest BCUT2D eigenvalue weighted by Gasteiger charge is 2.52. The second kappa shape index (κ2) is 12.3. The van der Waals surface area contributed by atoms with E-state index in [1.807, 2.05) is 24.3 Å². The fourth-order valence-corrected chi connectivity index (χ4v) is 8.75. The number of ether oxygens (including phenoxy) is 4. The normalized spacial score (nSPS) is 28.6. The third kappa shape index (κ3) is 5.38. The van der Waals surface area contributed by atoms with Crippen LogP contribution in [0.15, 0.2) is 48.6 Å². The van der Waals surface area contributed by atoms with Gasteiger partial charge in [-0.05, 0) is 84.0 Å². The van der Waals surface area contributed by atoms with Crippen molar-refractivity contribution in [2.45, 2.75) is 81.8 Å². The molecule has 7 rings (SSSR count). The highest BCUT2D eigenvalue weighted by atomic mass is 16.7. The molecule has 1 saturated heterocycles. The van der Waals surface area contributed by atoms with Gasteiger partial charge in [0.1, 0.15) is 5.78 Å². The summed E-state index contributed by atoms with van der Waals surface area (Å²) in [6, 6.07) is 11.8. The molecule has 238 valence electrons. The average Bonchev–Trinajstić information content (AvgIpc) is 3.54. The number of esters is 2. The van der Waals surface area contributed by atoms with Crippen LogP contribution < -0.4 is 0 Å². The van der Waals surface area contributed by atoms with Gasteiger partial charge in [0.05, 0.1) is 38.6 Å². The molecule has 1 spiro atoms. The SMILES string of the molecule is CC[C@@]12CCC(=O)C[C@@H]1C=Cc1cc(C(=O)OC)ccc12.CC[C@@]12CCC3(C[C@@H]1C=Cc1cc(C(=O)OC)ccc12)OCCO3. The molecule has 3 fully saturated rings. The quantitative estimate of drug-likeness (QED) is 0.337. The Kier molecular flexibility index (Phi) is 8.61. The van der Waals surface area contributed by atoms with Crippen molar-refractivity contribution in [3.63, 3.8) is 0 Å². The van der Waals surface area contributed by atoms with E-state index in [0.717, 1.165) is 49.7 Å². The number of benzene rings is 2.